The summed E-state index contributed by atoms with van der Waals surface area (Å²) in [6, 6.07) is 0. The summed E-state index contributed by atoms with van der Waals surface area (Å²) in [5.74, 6) is -0.574. The Hall–Kier alpha value is -2.23. The second-order valence-electron chi connectivity index (χ2n) is 6.77. The SMILES string of the molecule is C=C(C)[C@H]1CCC2=C[C@H](C/C(C)=C/C(=O)/C=C(/C)C(=O)C1)OC2=O. The van der Waals surface area contributed by atoms with E-state index < -0.39 is 0 Å². The summed E-state index contributed by atoms with van der Waals surface area (Å²) >= 11 is 0. The molecule has 0 aromatic heterocycles. The lowest BCUT2D eigenvalue weighted by atomic mass is 9.87. The van der Waals surface area contributed by atoms with E-state index in [9.17, 15) is 14.4 Å². The van der Waals surface area contributed by atoms with Gasteiger partial charge in [0.25, 0.3) is 0 Å². The number of esters is 1. The topological polar surface area (TPSA) is 60.4 Å². The van der Waals surface area contributed by atoms with Gasteiger partial charge >= 0.3 is 5.97 Å². The van der Waals surface area contributed by atoms with Crippen LogP contribution in [0.15, 0.2) is 47.1 Å². The van der Waals surface area contributed by atoms with Crippen molar-refractivity contribution in [3.8, 4) is 0 Å². The van der Waals surface area contributed by atoms with Gasteiger partial charge in [0.05, 0.1) is 0 Å². The first-order chi connectivity index (χ1) is 11.3. The maximum atomic E-state index is 12.4. The molecule has 4 nitrogen and oxygen atoms in total. The van der Waals surface area contributed by atoms with Crippen molar-refractivity contribution in [1.82, 2.24) is 0 Å². The zero-order chi connectivity index (χ0) is 17.9. The summed E-state index contributed by atoms with van der Waals surface area (Å²) in [5, 5.41) is 0. The Morgan fingerprint density at radius 1 is 1.17 bits per heavy atom. The van der Waals surface area contributed by atoms with Crippen molar-refractivity contribution < 1.29 is 19.1 Å². The number of carbonyl (C=O) groups excluding carboxylic acids is 3. The summed E-state index contributed by atoms with van der Waals surface area (Å²) in [5.41, 5.74) is 2.85. The molecule has 2 rings (SSSR count). The van der Waals surface area contributed by atoms with Crippen LogP contribution in [0.25, 0.3) is 0 Å². The van der Waals surface area contributed by atoms with E-state index in [1.807, 2.05) is 19.9 Å². The molecular formula is C20H24O4. The molecule has 0 saturated carbocycles. The highest BCUT2D eigenvalue weighted by Crippen LogP contribution is 2.28. The summed E-state index contributed by atoms with van der Waals surface area (Å²) in [4.78, 5) is 36.4. The summed E-state index contributed by atoms with van der Waals surface area (Å²) in [6.07, 6.45) is 6.46. The fourth-order valence-corrected chi connectivity index (χ4v) is 3.02. The minimum absolute atomic E-state index is 0.0103. The van der Waals surface area contributed by atoms with E-state index >= 15 is 0 Å². The molecule has 2 aliphatic rings. The van der Waals surface area contributed by atoms with Crippen LogP contribution < -0.4 is 0 Å². The molecule has 0 spiro atoms. The van der Waals surface area contributed by atoms with Crippen LogP contribution >= 0.6 is 0 Å². The van der Waals surface area contributed by atoms with Gasteiger partial charge in [-0.05, 0) is 63.3 Å². The Morgan fingerprint density at radius 2 is 1.88 bits per heavy atom. The fraction of sp³-hybridized carbons (Fsp3) is 0.450. The Labute approximate surface area is 143 Å². The van der Waals surface area contributed by atoms with Gasteiger partial charge < -0.3 is 4.74 Å². The smallest absolute Gasteiger partial charge is 0.334 e. The number of allylic oxidation sites excluding steroid dienone is 4. The van der Waals surface area contributed by atoms with Crippen LogP contribution in [0.4, 0.5) is 0 Å². The molecule has 128 valence electrons. The second-order valence-corrected chi connectivity index (χ2v) is 6.77. The lowest BCUT2D eigenvalue weighted by Crippen LogP contribution is -2.12. The summed E-state index contributed by atoms with van der Waals surface area (Å²) in [7, 11) is 0. The van der Waals surface area contributed by atoms with Crippen molar-refractivity contribution in [3.63, 3.8) is 0 Å². The molecule has 0 unspecified atom stereocenters. The number of hydrogen-bond acceptors (Lipinski definition) is 4. The highest BCUT2D eigenvalue weighted by atomic mass is 16.5. The molecule has 0 N–H and O–H groups in total. The number of carbonyl (C=O) groups is 3. The molecule has 0 radical (unpaired) electrons. The Morgan fingerprint density at radius 3 is 2.54 bits per heavy atom. The average molecular weight is 328 g/mol. The monoisotopic (exact) mass is 328 g/mol. The minimum Gasteiger partial charge on any atom is -0.454 e. The molecule has 4 heteroatoms. The maximum absolute atomic E-state index is 12.4. The van der Waals surface area contributed by atoms with Gasteiger partial charge in [0.1, 0.15) is 6.10 Å². The number of hydrogen-bond donors (Lipinski definition) is 0. The van der Waals surface area contributed by atoms with Crippen molar-refractivity contribution in [2.45, 2.75) is 52.6 Å². The summed E-state index contributed by atoms with van der Waals surface area (Å²) < 4.78 is 5.36. The first-order valence-electron chi connectivity index (χ1n) is 8.26. The van der Waals surface area contributed by atoms with Crippen LogP contribution in [-0.2, 0) is 19.1 Å². The first-order valence-corrected chi connectivity index (χ1v) is 8.26. The maximum Gasteiger partial charge on any atom is 0.334 e. The molecule has 24 heavy (non-hydrogen) atoms. The molecular weight excluding hydrogens is 304 g/mol. The van der Waals surface area contributed by atoms with Gasteiger partial charge in [0.15, 0.2) is 11.6 Å². The zero-order valence-electron chi connectivity index (χ0n) is 14.6. The van der Waals surface area contributed by atoms with Gasteiger partial charge in [-0.25, -0.2) is 4.79 Å². The van der Waals surface area contributed by atoms with Crippen molar-refractivity contribution in [3.05, 3.63) is 47.1 Å². The van der Waals surface area contributed by atoms with Crippen LogP contribution in [-0.4, -0.2) is 23.6 Å². The predicted molar refractivity (Wildman–Crippen MR) is 92.3 cm³/mol. The third-order valence-corrected chi connectivity index (χ3v) is 4.51. The molecule has 0 saturated heterocycles. The van der Waals surface area contributed by atoms with Crippen LogP contribution in [0.5, 0.6) is 0 Å². The van der Waals surface area contributed by atoms with Gasteiger partial charge in [0.2, 0.25) is 0 Å². The van der Waals surface area contributed by atoms with Crippen molar-refractivity contribution in [2.75, 3.05) is 0 Å². The molecule has 1 heterocycles. The Balaban J connectivity index is 2.32. The molecule has 1 aliphatic carbocycles. The second kappa shape index (κ2) is 7.56. The third kappa shape index (κ3) is 4.63. The fourth-order valence-electron chi connectivity index (χ4n) is 3.02. The van der Waals surface area contributed by atoms with Gasteiger partial charge in [-0.3, -0.25) is 9.59 Å². The van der Waals surface area contributed by atoms with E-state index in [0.29, 0.717) is 36.8 Å². The molecule has 2 bridgehead atoms. The minimum atomic E-state index is -0.311. The van der Waals surface area contributed by atoms with Crippen LogP contribution in [0.3, 0.4) is 0 Å². The van der Waals surface area contributed by atoms with Crippen molar-refractivity contribution in [2.24, 2.45) is 5.92 Å². The normalized spacial score (nSPS) is 30.5. The lowest BCUT2D eigenvalue weighted by molar-refractivity contribution is -0.139. The highest BCUT2D eigenvalue weighted by molar-refractivity contribution is 6.07. The van der Waals surface area contributed by atoms with E-state index in [0.717, 1.165) is 11.1 Å². The van der Waals surface area contributed by atoms with Crippen molar-refractivity contribution in [1.29, 1.82) is 0 Å². The Kier molecular flexibility index (Phi) is 5.71. The van der Waals surface area contributed by atoms with Crippen LogP contribution in [0, 0.1) is 5.92 Å². The van der Waals surface area contributed by atoms with Gasteiger partial charge in [-0.1, -0.05) is 17.7 Å². The average Bonchev–Trinajstić information content (AvgIpc) is 2.81. The van der Waals surface area contributed by atoms with E-state index in [-0.39, 0.29) is 29.6 Å². The quantitative estimate of drug-likeness (QED) is 0.545. The van der Waals surface area contributed by atoms with Crippen LogP contribution in [0.1, 0.15) is 46.5 Å². The van der Waals surface area contributed by atoms with Gasteiger partial charge in [0, 0.05) is 18.4 Å². The molecule has 0 amide bonds. The van der Waals surface area contributed by atoms with Gasteiger partial charge in [-0.2, -0.15) is 0 Å². The van der Waals surface area contributed by atoms with Gasteiger partial charge in [-0.15, -0.1) is 0 Å². The standard InChI is InChI=1S/C20H24O4/c1-12(2)15-5-6-16-10-18(24-20(16)23)8-13(3)7-17(21)9-14(4)19(22)11-15/h7,9-10,15,18H,1,5-6,8,11H2,2-4H3/b13-7+,14-9-/t15-,18-/m0/s1. The largest absolute Gasteiger partial charge is 0.454 e. The third-order valence-electron chi connectivity index (χ3n) is 4.51. The number of Topliss-reactive ketones (excluding diaryl/α,β-unsaturated/α-hetero) is 1. The molecule has 0 aromatic carbocycles. The molecule has 1 aliphatic heterocycles. The molecule has 0 fully saturated rings. The first kappa shape index (κ1) is 18.1. The molecule has 0 aromatic rings. The van der Waals surface area contributed by atoms with E-state index in [1.165, 1.54) is 12.2 Å². The van der Waals surface area contributed by atoms with E-state index in [4.69, 9.17) is 4.74 Å². The number of ether oxygens (including phenoxy) is 1. The number of fused-ring (bicyclic) bond motifs is 1. The predicted octanol–water partition coefficient (Wildman–Crippen LogP) is 3.64. The lowest BCUT2D eigenvalue weighted by Gasteiger charge is -2.16. The van der Waals surface area contributed by atoms with E-state index in [1.54, 1.807) is 6.92 Å². The van der Waals surface area contributed by atoms with E-state index in [2.05, 4.69) is 6.58 Å². The highest BCUT2D eigenvalue weighted by Gasteiger charge is 2.27. The van der Waals surface area contributed by atoms with Crippen LogP contribution in [0.2, 0.25) is 0 Å². The number of rotatable bonds is 1. The number of ketones is 2. The zero-order valence-corrected chi connectivity index (χ0v) is 14.6. The molecule has 2 atom stereocenters. The van der Waals surface area contributed by atoms with Crippen molar-refractivity contribution >= 4 is 17.5 Å². The summed E-state index contributed by atoms with van der Waals surface area (Å²) in [6.45, 7) is 9.35. The Bertz CT molecular complexity index is 676.